The average molecular weight is 385 g/mol. The zero-order valence-corrected chi connectivity index (χ0v) is 16.1. The molecule has 0 atom stereocenters. The van der Waals surface area contributed by atoms with Crippen LogP contribution >= 0.6 is 11.6 Å². The van der Waals surface area contributed by atoms with Crippen LogP contribution in [0.15, 0.2) is 54.7 Å². The fourth-order valence-electron chi connectivity index (χ4n) is 2.54. The van der Waals surface area contributed by atoms with Gasteiger partial charge in [0, 0.05) is 17.8 Å². The summed E-state index contributed by atoms with van der Waals surface area (Å²) >= 11 is 5.91. The van der Waals surface area contributed by atoms with Crippen molar-refractivity contribution in [3.63, 3.8) is 0 Å². The van der Waals surface area contributed by atoms with E-state index in [0.717, 1.165) is 16.9 Å². The van der Waals surface area contributed by atoms with Gasteiger partial charge in [-0.3, -0.25) is 4.79 Å². The maximum absolute atomic E-state index is 12.0. The summed E-state index contributed by atoms with van der Waals surface area (Å²) in [6.45, 7) is 2.87. The van der Waals surface area contributed by atoms with E-state index in [9.17, 15) is 4.79 Å². The second-order valence-electron chi connectivity index (χ2n) is 6.39. The van der Waals surface area contributed by atoms with Crippen LogP contribution < -0.4 is 4.90 Å². The van der Waals surface area contributed by atoms with Gasteiger partial charge in [0.05, 0.1) is 12.7 Å². The summed E-state index contributed by atoms with van der Waals surface area (Å²) < 4.78 is 6.78. The first-order chi connectivity index (χ1) is 13.0. The van der Waals surface area contributed by atoms with Crippen LogP contribution in [0.1, 0.15) is 16.8 Å². The Morgan fingerprint density at radius 1 is 1.15 bits per heavy atom. The molecule has 27 heavy (non-hydrogen) atoms. The summed E-state index contributed by atoms with van der Waals surface area (Å²) in [5, 5.41) is 8.82. The van der Waals surface area contributed by atoms with Crippen molar-refractivity contribution in [2.24, 2.45) is 0 Å². The maximum atomic E-state index is 12.0. The Bertz CT molecular complexity index is 891. The molecule has 0 saturated carbocycles. The van der Waals surface area contributed by atoms with E-state index >= 15 is 0 Å². The van der Waals surface area contributed by atoms with Crippen molar-refractivity contribution in [2.45, 2.75) is 26.6 Å². The number of aromatic nitrogens is 3. The lowest BCUT2D eigenvalue weighted by Gasteiger charge is -2.17. The van der Waals surface area contributed by atoms with Gasteiger partial charge in [0.2, 0.25) is 0 Å². The molecular formula is C20H21ClN4O2. The Kier molecular flexibility index (Phi) is 6.08. The molecule has 0 aliphatic carbocycles. The lowest BCUT2D eigenvalue weighted by atomic mass is 10.2. The number of ether oxygens (including phenoxy) is 1. The topological polar surface area (TPSA) is 60.2 Å². The van der Waals surface area contributed by atoms with E-state index < -0.39 is 0 Å². The molecule has 6 nitrogen and oxygen atoms in total. The molecule has 3 rings (SSSR count). The number of carbonyl (C=O) groups is 1. The molecule has 140 valence electrons. The number of hydrogen-bond donors (Lipinski definition) is 0. The molecule has 1 heterocycles. The fraction of sp³-hybridized carbons (Fsp3) is 0.250. The molecule has 0 saturated heterocycles. The van der Waals surface area contributed by atoms with Gasteiger partial charge in [-0.05, 0) is 36.8 Å². The second-order valence-corrected chi connectivity index (χ2v) is 6.82. The van der Waals surface area contributed by atoms with Gasteiger partial charge in [-0.2, -0.15) is 0 Å². The molecule has 0 radical (unpaired) electrons. The number of nitrogens with zero attached hydrogens (tertiary/aromatic N) is 4. The highest BCUT2D eigenvalue weighted by molar-refractivity contribution is 6.30. The van der Waals surface area contributed by atoms with Crippen molar-refractivity contribution < 1.29 is 9.53 Å². The molecule has 1 aromatic heterocycles. The van der Waals surface area contributed by atoms with Crippen LogP contribution in [0.25, 0.3) is 0 Å². The standard InChI is InChI=1S/C20H21ClN4O2/c1-15-3-5-16(6-4-15)14-27-20(26)13-25-12-18(22-23-25)11-24(2)19-9-7-17(21)8-10-19/h3-10,12H,11,13-14H2,1-2H3. The van der Waals surface area contributed by atoms with E-state index in [4.69, 9.17) is 16.3 Å². The molecule has 0 amide bonds. The fourth-order valence-corrected chi connectivity index (χ4v) is 2.67. The predicted molar refractivity (Wildman–Crippen MR) is 105 cm³/mol. The quantitative estimate of drug-likeness (QED) is 0.582. The van der Waals surface area contributed by atoms with Crippen LogP contribution in [0, 0.1) is 6.92 Å². The SMILES string of the molecule is Cc1ccc(COC(=O)Cn2cc(CN(C)c3ccc(Cl)cc3)nn2)cc1. The third-order valence-electron chi connectivity index (χ3n) is 4.06. The first-order valence-corrected chi connectivity index (χ1v) is 8.94. The summed E-state index contributed by atoms with van der Waals surface area (Å²) in [5.41, 5.74) is 3.91. The monoisotopic (exact) mass is 384 g/mol. The highest BCUT2D eigenvalue weighted by atomic mass is 35.5. The van der Waals surface area contributed by atoms with Crippen molar-refractivity contribution in [1.29, 1.82) is 0 Å². The number of rotatable bonds is 7. The Morgan fingerprint density at radius 2 is 1.85 bits per heavy atom. The van der Waals surface area contributed by atoms with E-state index in [0.29, 0.717) is 11.6 Å². The number of carbonyl (C=O) groups excluding carboxylic acids is 1. The molecule has 0 unspecified atom stereocenters. The van der Waals surface area contributed by atoms with E-state index in [1.807, 2.05) is 67.4 Å². The third-order valence-corrected chi connectivity index (χ3v) is 4.32. The Balaban J connectivity index is 1.50. The highest BCUT2D eigenvalue weighted by Crippen LogP contribution is 2.18. The Morgan fingerprint density at radius 3 is 2.56 bits per heavy atom. The molecule has 0 aliphatic rings. The smallest absolute Gasteiger partial charge is 0.328 e. The first-order valence-electron chi connectivity index (χ1n) is 8.56. The van der Waals surface area contributed by atoms with E-state index in [1.54, 1.807) is 6.20 Å². The van der Waals surface area contributed by atoms with Gasteiger partial charge >= 0.3 is 5.97 Å². The summed E-state index contributed by atoms with van der Waals surface area (Å²) in [5.74, 6) is -0.349. The van der Waals surface area contributed by atoms with Gasteiger partial charge in [0.25, 0.3) is 0 Å². The van der Waals surface area contributed by atoms with Crippen LogP contribution in [0.3, 0.4) is 0 Å². The van der Waals surface area contributed by atoms with Crippen LogP contribution in [-0.2, 0) is 29.2 Å². The van der Waals surface area contributed by atoms with E-state index in [-0.39, 0.29) is 19.1 Å². The number of hydrogen-bond acceptors (Lipinski definition) is 5. The van der Waals surface area contributed by atoms with Gasteiger partial charge < -0.3 is 9.64 Å². The van der Waals surface area contributed by atoms with Crippen LogP contribution in [0.5, 0.6) is 0 Å². The minimum atomic E-state index is -0.349. The predicted octanol–water partition coefficient (Wildman–Crippen LogP) is 3.62. The maximum Gasteiger partial charge on any atom is 0.328 e. The van der Waals surface area contributed by atoms with Crippen LogP contribution in [0.4, 0.5) is 5.69 Å². The number of halogens is 1. The average Bonchev–Trinajstić information content (AvgIpc) is 3.08. The Hall–Kier alpha value is -2.86. The molecular weight excluding hydrogens is 364 g/mol. The third kappa shape index (κ3) is 5.56. The zero-order valence-electron chi connectivity index (χ0n) is 15.3. The number of esters is 1. The lowest BCUT2D eigenvalue weighted by molar-refractivity contribution is -0.145. The molecule has 0 fully saturated rings. The van der Waals surface area contributed by atoms with Gasteiger partial charge in [-0.15, -0.1) is 5.10 Å². The molecule has 0 N–H and O–H groups in total. The number of aryl methyl sites for hydroxylation is 1. The Labute approximate surface area is 163 Å². The molecule has 0 bridgehead atoms. The summed E-state index contributed by atoms with van der Waals surface area (Å²) in [6, 6.07) is 15.4. The minimum Gasteiger partial charge on any atom is -0.459 e. The van der Waals surface area contributed by atoms with Crippen molar-refractivity contribution >= 4 is 23.3 Å². The molecule has 7 heteroatoms. The first kappa shape index (κ1) is 18.9. The second kappa shape index (κ2) is 8.68. The lowest BCUT2D eigenvalue weighted by Crippen LogP contribution is -2.16. The normalized spacial score (nSPS) is 10.6. The van der Waals surface area contributed by atoms with Crippen molar-refractivity contribution in [3.05, 3.63) is 76.6 Å². The molecule has 0 aliphatic heterocycles. The van der Waals surface area contributed by atoms with Crippen LogP contribution in [-0.4, -0.2) is 28.0 Å². The minimum absolute atomic E-state index is 0.0313. The number of benzene rings is 2. The van der Waals surface area contributed by atoms with Crippen LogP contribution in [0.2, 0.25) is 5.02 Å². The number of anilines is 1. The summed E-state index contributed by atoms with van der Waals surface area (Å²) in [7, 11) is 1.96. The highest BCUT2D eigenvalue weighted by Gasteiger charge is 2.10. The van der Waals surface area contributed by atoms with E-state index in [2.05, 4.69) is 10.3 Å². The van der Waals surface area contributed by atoms with Gasteiger partial charge in [-0.1, -0.05) is 46.6 Å². The molecule has 2 aromatic carbocycles. The molecule has 0 spiro atoms. The van der Waals surface area contributed by atoms with Gasteiger partial charge in [-0.25, -0.2) is 4.68 Å². The zero-order chi connectivity index (χ0) is 19.2. The van der Waals surface area contributed by atoms with Gasteiger partial charge in [0.15, 0.2) is 0 Å². The van der Waals surface area contributed by atoms with Crippen molar-refractivity contribution in [1.82, 2.24) is 15.0 Å². The molecule has 3 aromatic rings. The summed E-state index contributed by atoms with van der Waals surface area (Å²) in [4.78, 5) is 14.0. The van der Waals surface area contributed by atoms with Crippen molar-refractivity contribution in [2.75, 3.05) is 11.9 Å². The van der Waals surface area contributed by atoms with Crippen molar-refractivity contribution in [3.8, 4) is 0 Å². The van der Waals surface area contributed by atoms with Gasteiger partial charge in [0.1, 0.15) is 18.8 Å². The van der Waals surface area contributed by atoms with E-state index in [1.165, 1.54) is 10.2 Å². The largest absolute Gasteiger partial charge is 0.459 e. The summed E-state index contributed by atoms with van der Waals surface area (Å²) in [6.07, 6.45) is 1.75.